The predicted octanol–water partition coefficient (Wildman–Crippen LogP) is 3.04. The summed E-state index contributed by atoms with van der Waals surface area (Å²) in [5, 5.41) is 5.37. The van der Waals surface area contributed by atoms with E-state index < -0.39 is 16.8 Å². The summed E-state index contributed by atoms with van der Waals surface area (Å²) in [5.41, 5.74) is 0.760. The predicted molar refractivity (Wildman–Crippen MR) is 99.5 cm³/mol. The zero-order chi connectivity index (χ0) is 18.4. The van der Waals surface area contributed by atoms with Crippen LogP contribution in [0.15, 0.2) is 47.9 Å². The highest BCUT2D eigenvalue weighted by Crippen LogP contribution is 2.22. The second kappa shape index (κ2) is 8.20. The first kappa shape index (κ1) is 19.1. The first-order valence-electron chi connectivity index (χ1n) is 8.09. The number of imide groups is 1. The molecular weight excluding hydrogens is 336 g/mol. The van der Waals surface area contributed by atoms with E-state index in [2.05, 4.69) is 15.6 Å². The van der Waals surface area contributed by atoms with Crippen LogP contribution in [0.1, 0.15) is 33.3 Å². The third-order valence-electron chi connectivity index (χ3n) is 3.25. The summed E-state index contributed by atoms with van der Waals surface area (Å²) in [6.07, 6.45) is 3.59. The number of carbonyl (C=O) groups is 2. The molecule has 6 nitrogen and oxygen atoms in total. The first-order valence-corrected chi connectivity index (χ1v) is 8.97. The number of carbonyl (C=O) groups excluding carboxylic acids is 2. The zero-order valence-corrected chi connectivity index (χ0v) is 15.8. The number of thioether (sulfide) groups is 1. The van der Waals surface area contributed by atoms with Crippen LogP contribution >= 0.6 is 11.8 Å². The van der Waals surface area contributed by atoms with Crippen molar-refractivity contribution in [2.75, 3.05) is 0 Å². The summed E-state index contributed by atoms with van der Waals surface area (Å²) in [7, 11) is 0. The van der Waals surface area contributed by atoms with Crippen LogP contribution in [0.3, 0.4) is 0 Å². The highest BCUT2D eigenvalue weighted by atomic mass is 32.2. The average Bonchev–Trinajstić information content (AvgIpc) is 2.93. The lowest BCUT2D eigenvalue weighted by atomic mass is 10.1. The highest BCUT2D eigenvalue weighted by molar-refractivity contribution is 8.00. The molecule has 0 aliphatic carbocycles. The van der Waals surface area contributed by atoms with Crippen LogP contribution in [-0.2, 0) is 11.3 Å². The summed E-state index contributed by atoms with van der Waals surface area (Å²) in [5.74, 6) is -0.346. The molecule has 0 bridgehead atoms. The minimum atomic E-state index is -0.488. The van der Waals surface area contributed by atoms with Gasteiger partial charge in [-0.3, -0.25) is 10.1 Å². The van der Waals surface area contributed by atoms with Crippen molar-refractivity contribution >= 4 is 23.7 Å². The van der Waals surface area contributed by atoms with Gasteiger partial charge < -0.3 is 9.88 Å². The lowest BCUT2D eigenvalue weighted by molar-refractivity contribution is -0.119. The molecule has 1 aromatic carbocycles. The van der Waals surface area contributed by atoms with Crippen LogP contribution in [0.25, 0.3) is 0 Å². The number of nitrogens with zero attached hydrogens (tertiary/aromatic N) is 2. The van der Waals surface area contributed by atoms with E-state index >= 15 is 0 Å². The van der Waals surface area contributed by atoms with Gasteiger partial charge in [0.1, 0.15) is 0 Å². The molecule has 0 aliphatic rings. The molecule has 3 amide bonds. The Balaban J connectivity index is 1.94. The molecule has 0 fully saturated rings. The number of amides is 3. The molecule has 0 aliphatic heterocycles. The second-order valence-corrected chi connectivity index (χ2v) is 8.08. The normalized spacial score (nSPS) is 12.5. The molecule has 2 aromatic rings. The number of urea groups is 1. The van der Waals surface area contributed by atoms with Gasteiger partial charge >= 0.3 is 6.03 Å². The number of imidazole rings is 1. The van der Waals surface area contributed by atoms with Crippen molar-refractivity contribution in [3.05, 3.63) is 48.3 Å². The van der Waals surface area contributed by atoms with E-state index in [1.54, 1.807) is 13.1 Å². The third-order valence-corrected chi connectivity index (χ3v) is 4.37. The number of nitrogens with one attached hydrogen (secondary N) is 2. The fraction of sp³-hybridized carbons (Fsp3) is 0.389. The first-order chi connectivity index (χ1) is 11.7. The summed E-state index contributed by atoms with van der Waals surface area (Å²) in [4.78, 5) is 28.3. The Labute approximate surface area is 152 Å². The number of hydrogen-bond donors (Lipinski definition) is 2. The van der Waals surface area contributed by atoms with Gasteiger partial charge in [0.2, 0.25) is 5.91 Å². The number of rotatable bonds is 5. The largest absolute Gasteiger partial charge is 0.333 e. The molecule has 0 spiro atoms. The molecule has 1 aromatic heterocycles. The molecule has 134 valence electrons. The third kappa shape index (κ3) is 6.26. The summed E-state index contributed by atoms with van der Waals surface area (Å²) in [6, 6.07) is 9.55. The molecule has 1 unspecified atom stereocenters. The monoisotopic (exact) mass is 360 g/mol. The van der Waals surface area contributed by atoms with Crippen molar-refractivity contribution in [2.45, 2.75) is 50.2 Å². The number of hydrogen-bond acceptors (Lipinski definition) is 4. The fourth-order valence-electron chi connectivity index (χ4n) is 2.11. The lowest BCUT2D eigenvalue weighted by Gasteiger charge is -2.21. The Kier molecular flexibility index (Phi) is 6.25. The molecule has 2 rings (SSSR count). The maximum Gasteiger partial charge on any atom is 0.321 e. The average molecular weight is 360 g/mol. The molecular formula is C18H24N4O2S. The van der Waals surface area contributed by atoms with Crippen molar-refractivity contribution in [1.82, 2.24) is 20.2 Å². The number of benzene rings is 1. The van der Waals surface area contributed by atoms with Gasteiger partial charge in [-0.25, -0.2) is 9.78 Å². The quantitative estimate of drug-likeness (QED) is 0.804. The minimum absolute atomic E-state index is 0.346. The van der Waals surface area contributed by atoms with Crippen LogP contribution < -0.4 is 10.6 Å². The van der Waals surface area contributed by atoms with E-state index in [0.717, 1.165) is 10.7 Å². The van der Waals surface area contributed by atoms with Gasteiger partial charge in [0.15, 0.2) is 5.16 Å². The molecule has 0 saturated carbocycles. The van der Waals surface area contributed by atoms with E-state index in [9.17, 15) is 9.59 Å². The highest BCUT2D eigenvalue weighted by Gasteiger charge is 2.21. The van der Waals surface area contributed by atoms with E-state index in [-0.39, 0.29) is 5.91 Å². The van der Waals surface area contributed by atoms with Crippen LogP contribution in [0.5, 0.6) is 0 Å². The van der Waals surface area contributed by atoms with Crippen LogP contribution in [-0.4, -0.2) is 32.3 Å². The van der Waals surface area contributed by atoms with Crippen molar-refractivity contribution in [3.63, 3.8) is 0 Å². The SMILES string of the molecule is CC(Sc1nccn1Cc1ccccc1)C(=O)NC(=O)NC(C)(C)C. The fourth-order valence-corrected chi connectivity index (χ4v) is 2.98. The Morgan fingerprint density at radius 2 is 1.92 bits per heavy atom. The lowest BCUT2D eigenvalue weighted by Crippen LogP contribution is -2.49. The molecule has 7 heteroatoms. The summed E-state index contributed by atoms with van der Waals surface area (Å²) in [6.45, 7) is 8.01. The molecule has 1 atom stereocenters. The van der Waals surface area contributed by atoms with Gasteiger partial charge in [-0.1, -0.05) is 42.1 Å². The second-order valence-electron chi connectivity index (χ2n) is 6.78. The minimum Gasteiger partial charge on any atom is -0.333 e. The van der Waals surface area contributed by atoms with Crippen molar-refractivity contribution in [2.24, 2.45) is 0 Å². The van der Waals surface area contributed by atoms with Crippen molar-refractivity contribution in [1.29, 1.82) is 0 Å². The van der Waals surface area contributed by atoms with Gasteiger partial charge in [0, 0.05) is 24.5 Å². The topological polar surface area (TPSA) is 76.0 Å². The molecule has 0 saturated heterocycles. The van der Waals surface area contributed by atoms with Crippen LogP contribution in [0.2, 0.25) is 0 Å². The van der Waals surface area contributed by atoms with Gasteiger partial charge in [-0.05, 0) is 33.3 Å². The van der Waals surface area contributed by atoms with E-state index in [0.29, 0.717) is 6.54 Å². The molecule has 1 heterocycles. The van der Waals surface area contributed by atoms with Gasteiger partial charge in [-0.15, -0.1) is 0 Å². The maximum atomic E-state index is 12.2. The summed E-state index contributed by atoms with van der Waals surface area (Å²) >= 11 is 1.32. The molecule has 2 N–H and O–H groups in total. The van der Waals surface area contributed by atoms with E-state index in [4.69, 9.17) is 0 Å². The molecule has 0 radical (unpaired) electrons. The van der Waals surface area contributed by atoms with Gasteiger partial charge in [0.25, 0.3) is 0 Å². The van der Waals surface area contributed by atoms with Crippen molar-refractivity contribution in [3.8, 4) is 0 Å². The Morgan fingerprint density at radius 3 is 2.56 bits per heavy atom. The summed E-state index contributed by atoms with van der Waals surface area (Å²) < 4.78 is 1.99. The standard InChI is InChI=1S/C18H24N4O2S/c1-13(15(23)20-16(24)21-18(2,3)4)25-17-19-10-11-22(17)12-14-8-6-5-7-9-14/h5-11,13H,12H2,1-4H3,(H2,20,21,23,24). The number of aromatic nitrogens is 2. The van der Waals surface area contributed by atoms with Crippen LogP contribution in [0.4, 0.5) is 4.79 Å². The Bertz CT molecular complexity index is 722. The maximum absolute atomic E-state index is 12.2. The van der Waals surface area contributed by atoms with E-state index in [1.807, 2.05) is 61.9 Å². The smallest absolute Gasteiger partial charge is 0.321 e. The van der Waals surface area contributed by atoms with Gasteiger partial charge in [0.05, 0.1) is 5.25 Å². The molecule has 25 heavy (non-hydrogen) atoms. The van der Waals surface area contributed by atoms with Crippen molar-refractivity contribution < 1.29 is 9.59 Å². The zero-order valence-electron chi connectivity index (χ0n) is 14.9. The van der Waals surface area contributed by atoms with Gasteiger partial charge in [-0.2, -0.15) is 0 Å². The Morgan fingerprint density at radius 1 is 1.24 bits per heavy atom. The van der Waals surface area contributed by atoms with Crippen LogP contribution in [0, 0.1) is 0 Å². The Hall–Kier alpha value is -2.28. The van der Waals surface area contributed by atoms with E-state index in [1.165, 1.54) is 11.8 Å².